The van der Waals surface area contributed by atoms with Crippen LogP contribution in [0.15, 0.2) is 99.3 Å². The number of carbonyl (C=O) groups is 1. The number of benzene rings is 3. The van der Waals surface area contributed by atoms with Crippen LogP contribution in [-0.4, -0.2) is 24.8 Å². The van der Waals surface area contributed by atoms with Gasteiger partial charge >= 0.3 is 0 Å². The number of rotatable bonds is 9. The molecule has 0 fully saturated rings. The molecular formula is C27H23Cl2N3O4S. The summed E-state index contributed by atoms with van der Waals surface area (Å²) in [5.74, 6) is 0.360. The summed E-state index contributed by atoms with van der Waals surface area (Å²) in [7, 11) is -3.84. The number of carbonyl (C=O) groups excluding carboxylic acids is 1. The van der Waals surface area contributed by atoms with Crippen molar-refractivity contribution >= 4 is 45.3 Å². The van der Waals surface area contributed by atoms with E-state index in [0.29, 0.717) is 27.1 Å². The molecule has 1 heterocycles. The third-order valence-electron chi connectivity index (χ3n) is 5.41. The Balaban J connectivity index is 1.50. The summed E-state index contributed by atoms with van der Waals surface area (Å²) >= 11 is 11.8. The highest BCUT2D eigenvalue weighted by Crippen LogP contribution is 2.23. The van der Waals surface area contributed by atoms with Gasteiger partial charge in [0.05, 0.1) is 17.7 Å². The van der Waals surface area contributed by atoms with Gasteiger partial charge in [-0.3, -0.25) is 4.79 Å². The summed E-state index contributed by atoms with van der Waals surface area (Å²) in [6.07, 6.45) is 1.34. The van der Waals surface area contributed by atoms with E-state index in [4.69, 9.17) is 27.6 Å². The molecule has 190 valence electrons. The van der Waals surface area contributed by atoms with Crippen LogP contribution < -0.4 is 5.43 Å². The topological polar surface area (TPSA) is 92.0 Å². The number of halogens is 2. The fourth-order valence-electron chi connectivity index (χ4n) is 3.42. The van der Waals surface area contributed by atoms with Gasteiger partial charge in [0.25, 0.3) is 5.91 Å². The predicted molar refractivity (Wildman–Crippen MR) is 144 cm³/mol. The molecule has 1 amide bonds. The monoisotopic (exact) mass is 555 g/mol. The minimum absolute atomic E-state index is 0.0101. The molecule has 1 N–H and O–H groups in total. The number of furan rings is 1. The third-order valence-corrected chi connectivity index (χ3v) is 7.72. The zero-order chi connectivity index (χ0) is 26.4. The number of nitrogens with one attached hydrogen (secondary N) is 1. The molecule has 0 radical (unpaired) electrons. The molecule has 4 rings (SSSR count). The summed E-state index contributed by atoms with van der Waals surface area (Å²) < 4.78 is 34.1. The van der Waals surface area contributed by atoms with Gasteiger partial charge in [0, 0.05) is 22.2 Å². The lowest BCUT2D eigenvalue weighted by atomic mass is 10.2. The Kier molecular flexibility index (Phi) is 8.45. The van der Waals surface area contributed by atoms with Crippen molar-refractivity contribution in [3.8, 4) is 0 Å². The Morgan fingerprint density at radius 2 is 1.51 bits per heavy atom. The summed E-state index contributed by atoms with van der Waals surface area (Å²) in [5, 5.41) is 5.01. The van der Waals surface area contributed by atoms with Gasteiger partial charge in [-0.15, -0.1) is 0 Å². The molecule has 3 aromatic carbocycles. The van der Waals surface area contributed by atoms with E-state index >= 15 is 0 Å². The summed E-state index contributed by atoms with van der Waals surface area (Å²) in [6, 6.07) is 23.4. The Bertz CT molecular complexity index is 1500. The van der Waals surface area contributed by atoms with Crippen LogP contribution >= 0.6 is 23.2 Å². The molecule has 1 aromatic heterocycles. The molecule has 0 aliphatic heterocycles. The van der Waals surface area contributed by atoms with Gasteiger partial charge in [-0.25, -0.2) is 13.8 Å². The van der Waals surface area contributed by atoms with Crippen LogP contribution in [0.2, 0.25) is 10.0 Å². The smallest absolute Gasteiger partial charge is 0.271 e. The maximum Gasteiger partial charge on any atom is 0.271 e. The van der Waals surface area contributed by atoms with Crippen molar-refractivity contribution in [1.29, 1.82) is 0 Å². The largest absolute Gasteiger partial charge is 0.459 e. The second-order valence-electron chi connectivity index (χ2n) is 8.22. The molecule has 37 heavy (non-hydrogen) atoms. The van der Waals surface area contributed by atoms with Crippen LogP contribution in [0.1, 0.15) is 33.0 Å². The first-order valence-corrected chi connectivity index (χ1v) is 13.4. The van der Waals surface area contributed by atoms with E-state index in [1.165, 1.54) is 10.5 Å². The fraction of sp³-hybridized carbons (Fsp3) is 0.111. The predicted octanol–water partition coefficient (Wildman–Crippen LogP) is 6.05. The average molecular weight is 556 g/mol. The second-order valence-corrected chi connectivity index (χ2v) is 11.0. The molecular weight excluding hydrogens is 533 g/mol. The standard InChI is InChI=1S/C27H23Cl2N3O4S/c1-19-2-14-26(15-3-19)37(34,35)32(17-20-4-8-22(28)9-5-20)18-25-13-12-24(36-25)16-30-31-27(33)21-6-10-23(29)11-7-21/h2-16H,17-18H2,1H3,(H,31,33)/b30-16-. The molecule has 0 bridgehead atoms. The molecule has 0 aliphatic rings. The van der Waals surface area contributed by atoms with Crippen molar-refractivity contribution < 1.29 is 17.6 Å². The normalized spacial score (nSPS) is 11.8. The van der Waals surface area contributed by atoms with Crippen LogP contribution in [0, 0.1) is 6.92 Å². The van der Waals surface area contributed by atoms with Crippen LogP contribution in [0.5, 0.6) is 0 Å². The van der Waals surface area contributed by atoms with Gasteiger partial charge in [-0.1, -0.05) is 53.0 Å². The minimum Gasteiger partial charge on any atom is -0.459 e. The van der Waals surface area contributed by atoms with Gasteiger partial charge in [0.2, 0.25) is 10.0 Å². The lowest BCUT2D eigenvalue weighted by Crippen LogP contribution is -2.30. The van der Waals surface area contributed by atoms with Crippen LogP contribution in [-0.2, 0) is 23.1 Å². The SMILES string of the molecule is Cc1ccc(S(=O)(=O)N(Cc2ccc(Cl)cc2)Cc2ccc(/C=N\NC(=O)c3ccc(Cl)cc3)o2)cc1. The highest BCUT2D eigenvalue weighted by molar-refractivity contribution is 7.89. The molecule has 4 aromatic rings. The zero-order valence-electron chi connectivity index (χ0n) is 19.8. The third kappa shape index (κ3) is 7.08. The van der Waals surface area contributed by atoms with E-state index in [0.717, 1.165) is 11.1 Å². The first kappa shape index (κ1) is 26.6. The minimum atomic E-state index is -3.84. The van der Waals surface area contributed by atoms with E-state index < -0.39 is 15.9 Å². The lowest BCUT2D eigenvalue weighted by Gasteiger charge is -2.21. The fourth-order valence-corrected chi connectivity index (χ4v) is 5.07. The van der Waals surface area contributed by atoms with E-state index in [2.05, 4.69) is 10.5 Å². The van der Waals surface area contributed by atoms with E-state index in [1.807, 2.05) is 6.92 Å². The second kappa shape index (κ2) is 11.7. The van der Waals surface area contributed by atoms with Crippen molar-refractivity contribution in [3.63, 3.8) is 0 Å². The number of aryl methyl sites for hydroxylation is 1. The van der Waals surface area contributed by atoms with Crippen LogP contribution in [0.3, 0.4) is 0 Å². The van der Waals surface area contributed by atoms with Crippen molar-refractivity contribution in [2.24, 2.45) is 5.10 Å². The maximum absolute atomic E-state index is 13.5. The Morgan fingerprint density at radius 3 is 2.16 bits per heavy atom. The molecule has 10 heteroatoms. The number of amides is 1. The van der Waals surface area contributed by atoms with Crippen molar-refractivity contribution in [1.82, 2.24) is 9.73 Å². The first-order valence-electron chi connectivity index (χ1n) is 11.2. The van der Waals surface area contributed by atoms with Gasteiger partial charge in [-0.2, -0.15) is 9.41 Å². The van der Waals surface area contributed by atoms with E-state index in [9.17, 15) is 13.2 Å². The number of hydrogen-bond acceptors (Lipinski definition) is 5. The number of nitrogens with zero attached hydrogens (tertiary/aromatic N) is 2. The van der Waals surface area contributed by atoms with Crippen molar-refractivity contribution in [2.75, 3.05) is 0 Å². The van der Waals surface area contributed by atoms with Crippen LogP contribution in [0.25, 0.3) is 0 Å². The van der Waals surface area contributed by atoms with Gasteiger partial charge in [0.15, 0.2) is 0 Å². The highest BCUT2D eigenvalue weighted by atomic mass is 35.5. The highest BCUT2D eigenvalue weighted by Gasteiger charge is 2.26. The molecule has 0 unspecified atom stereocenters. The number of sulfonamides is 1. The Morgan fingerprint density at radius 1 is 0.892 bits per heavy atom. The van der Waals surface area contributed by atoms with Gasteiger partial charge in [0.1, 0.15) is 11.5 Å². The Hall–Kier alpha value is -3.43. The molecule has 0 saturated carbocycles. The maximum atomic E-state index is 13.5. The van der Waals surface area contributed by atoms with Crippen molar-refractivity contribution in [2.45, 2.75) is 24.9 Å². The zero-order valence-corrected chi connectivity index (χ0v) is 22.1. The number of hydrazone groups is 1. The lowest BCUT2D eigenvalue weighted by molar-refractivity contribution is 0.0955. The van der Waals surface area contributed by atoms with E-state index in [-0.39, 0.29) is 18.0 Å². The van der Waals surface area contributed by atoms with Gasteiger partial charge in [-0.05, 0) is 73.2 Å². The average Bonchev–Trinajstić information content (AvgIpc) is 3.32. The van der Waals surface area contributed by atoms with E-state index in [1.54, 1.807) is 84.9 Å². The van der Waals surface area contributed by atoms with Gasteiger partial charge < -0.3 is 4.42 Å². The van der Waals surface area contributed by atoms with Crippen LogP contribution in [0.4, 0.5) is 0 Å². The molecule has 0 aliphatic carbocycles. The molecule has 7 nitrogen and oxygen atoms in total. The first-order chi connectivity index (χ1) is 17.7. The number of hydrogen-bond donors (Lipinski definition) is 1. The quantitative estimate of drug-likeness (QED) is 0.201. The molecule has 0 saturated heterocycles. The summed E-state index contributed by atoms with van der Waals surface area (Å²) in [4.78, 5) is 12.4. The van der Waals surface area contributed by atoms with Crippen molar-refractivity contribution in [3.05, 3.63) is 123 Å². The molecule has 0 spiro atoms. The molecule has 0 atom stereocenters. The summed E-state index contributed by atoms with van der Waals surface area (Å²) in [5.41, 5.74) is 4.55. The Labute approximate surface area is 225 Å². The summed E-state index contributed by atoms with van der Waals surface area (Å²) in [6.45, 7) is 2.00.